The van der Waals surface area contributed by atoms with Crippen LogP contribution in [0.1, 0.15) is 290 Å². The van der Waals surface area contributed by atoms with Gasteiger partial charge in [0.2, 0.25) is 0 Å². The third-order valence-electron chi connectivity index (χ3n) is 25.3. The Kier molecular flexibility index (Phi) is 42.8. The van der Waals surface area contributed by atoms with Crippen molar-refractivity contribution in [1.29, 1.82) is 0 Å². The molecule has 0 saturated heterocycles. The molecule has 0 amide bonds. The second kappa shape index (κ2) is 54.1. The number of hydrogen-bond donors (Lipinski definition) is 2. The largest absolute Gasteiger partial charge is 0.506 e. The van der Waals surface area contributed by atoms with Crippen molar-refractivity contribution in [1.82, 2.24) is 56.2 Å². The van der Waals surface area contributed by atoms with Gasteiger partial charge in [-0.3, -0.25) is 28.8 Å². The number of aromatic hydroxyl groups is 2. The lowest BCUT2D eigenvalue weighted by Crippen LogP contribution is -2.26. The Hall–Kier alpha value is -13.7. The van der Waals surface area contributed by atoms with Gasteiger partial charge in [0.05, 0.1) is 60.7 Å². The molecule has 0 fully saturated rings. The van der Waals surface area contributed by atoms with Crippen molar-refractivity contribution in [3.63, 3.8) is 0 Å². The van der Waals surface area contributed by atoms with Crippen molar-refractivity contribution in [3.8, 4) is 45.7 Å². The smallest absolute Gasteiger partial charge is 0.344 e. The van der Waals surface area contributed by atoms with Crippen molar-refractivity contribution in [2.24, 2.45) is 10.8 Å². The minimum atomic E-state index is -0.453. The van der Waals surface area contributed by atoms with E-state index in [9.17, 15) is 48.6 Å². The molecule has 16 aromatic rings. The van der Waals surface area contributed by atoms with Crippen molar-refractivity contribution >= 4 is 91.9 Å². The molecule has 8 aromatic heterocycles. The highest BCUT2D eigenvalue weighted by molar-refractivity contribution is 5.83. The number of unbranched alkanes of at least 4 members (excludes halogenated alkanes) is 8. The van der Waals surface area contributed by atoms with Crippen LogP contribution >= 0.6 is 0 Å². The van der Waals surface area contributed by atoms with Gasteiger partial charge in [0, 0.05) is 40.0 Å². The van der Waals surface area contributed by atoms with Crippen LogP contribution in [0.15, 0.2) is 170 Å². The summed E-state index contributed by atoms with van der Waals surface area (Å²) in [6.07, 6.45) is 20.2. The van der Waals surface area contributed by atoms with E-state index in [2.05, 4.69) is 49.7 Å². The Morgan fingerprint density at radius 2 is 0.569 bits per heavy atom. The van der Waals surface area contributed by atoms with Crippen LogP contribution in [0, 0.1) is 24.7 Å². The van der Waals surface area contributed by atoms with Gasteiger partial charge in [-0.05, 0) is 260 Å². The molecule has 0 aliphatic rings. The van der Waals surface area contributed by atoms with Gasteiger partial charge in [-0.25, -0.2) is 9.59 Å². The summed E-state index contributed by atoms with van der Waals surface area (Å²) < 4.78 is 68.6. The standard InChI is InChI=1S/2C20H23N3O3.2C19H21N3O3.C16H32O2.3C6H12O2/c2*1-4-20(2,3)19(25)26-12-11-14-9-10-18(24)17(13-14)23-21-15-7-5-6-8-16(15)22(21)23;2*1-4-14(3)25-19(23)12-24-18-10-9-13(2)11-17(18)22-20-15-7-5-6-8-16(15)21(20)22;1-4-6-7-8-9-10-11-12-13-14-16(17)18-15(3)5-2;3*1-4-5(2)8-6(3)7/h2*5-10,13,24H,4,11-12H2,1-3H3;2*5-11,14H,4,12H2,1-3H3;15H,4-14H2,1-3H3;3*5H,4H2,1-3H3. The maximum Gasteiger partial charge on any atom is 0.344 e. The van der Waals surface area contributed by atoms with Crippen LogP contribution in [-0.4, -0.2) is 177 Å². The fourth-order valence-electron chi connectivity index (χ4n) is 14.8. The summed E-state index contributed by atoms with van der Waals surface area (Å²) >= 11 is 0. The summed E-state index contributed by atoms with van der Waals surface area (Å²) in [5.74, 6) is 0.115. The summed E-state index contributed by atoms with van der Waals surface area (Å²) in [6.45, 7) is 45.9. The highest BCUT2D eigenvalue weighted by Crippen LogP contribution is 2.37. The first kappa shape index (κ1) is 114. The van der Waals surface area contributed by atoms with Gasteiger partial charge in [-0.1, -0.05) is 186 Å². The summed E-state index contributed by atoms with van der Waals surface area (Å²) in [5.41, 5.74) is 15.7. The first-order valence-electron chi connectivity index (χ1n) is 51.3. The lowest BCUT2D eigenvalue weighted by Gasteiger charge is -2.20. The van der Waals surface area contributed by atoms with Gasteiger partial charge in [0.25, 0.3) is 0 Å². The minimum Gasteiger partial charge on any atom is -0.506 e. The maximum absolute atomic E-state index is 12.1. The van der Waals surface area contributed by atoms with Gasteiger partial charge in [0.1, 0.15) is 89.9 Å². The third kappa shape index (κ3) is 31.4. The number of aryl methyl sites for hydroxylation is 2. The van der Waals surface area contributed by atoms with E-state index in [1.807, 2.05) is 310 Å². The van der Waals surface area contributed by atoms with E-state index in [4.69, 9.17) is 47.4 Å². The van der Waals surface area contributed by atoms with Crippen LogP contribution in [0.2, 0.25) is 0 Å². The average molecular weight is 1990 g/mol. The molecular formula is C112H156N12O20. The molecule has 144 heavy (non-hydrogen) atoms. The van der Waals surface area contributed by atoms with Crippen LogP contribution in [0.4, 0.5) is 0 Å². The number of esters is 8. The van der Waals surface area contributed by atoms with E-state index >= 15 is 0 Å². The predicted molar refractivity (Wildman–Crippen MR) is 561 cm³/mol. The van der Waals surface area contributed by atoms with E-state index in [0.29, 0.717) is 44.0 Å². The van der Waals surface area contributed by atoms with Gasteiger partial charge < -0.3 is 57.6 Å². The normalized spacial score (nSPS) is 12.7. The van der Waals surface area contributed by atoms with Crippen LogP contribution in [0.25, 0.3) is 66.9 Å². The SMILES string of the molecule is CCC(C)(C)C(=O)OCCc1ccc(O)c(-n2n3c4ccccc4n23)c1.CCC(C)(C)C(=O)OCCc1ccc(O)c(-n2n3c4ccccc4n23)c1.CCC(C)OC(=O)COc1ccc(C)cc1-n1n2c3ccccc3n12.CCC(C)OC(=O)COc1ccc(C)cc1-n1n2c3ccccc3n12.CCC(C)OC(C)=O.CCC(C)OC(C)=O.CCC(C)OC(C)=O.CCCCCCCCCCCC(=O)OC(C)CC. The number of fused-ring (bicyclic) bond motifs is 16. The van der Waals surface area contributed by atoms with Crippen molar-refractivity contribution in [3.05, 3.63) is 192 Å². The first-order valence-corrected chi connectivity index (χ1v) is 51.3. The number of nitrogens with zero attached hydrogens (tertiary/aromatic N) is 12. The molecule has 0 radical (unpaired) electrons. The number of phenolic OH excluding ortho intramolecular Hbond substituents is 2. The van der Waals surface area contributed by atoms with Gasteiger partial charge in [0.15, 0.2) is 13.2 Å². The number of aromatic nitrogens is 12. The number of phenols is 2. The number of benzene rings is 8. The molecule has 0 spiro atoms. The zero-order valence-corrected chi connectivity index (χ0v) is 89.2. The van der Waals surface area contributed by atoms with Crippen LogP contribution in [0.3, 0.4) is 0 Å². The topological polar surface area (TPSA) is 324 Å². The van der Waals surface area contributed by atoms with Crippen LogP contribution in [-0.2, 0) is 89.1 Å². The molecule has 16 rings (SSSR count). The number of carbonyl (C=O) groups is 8. The third-order valence-corrected chi connectivity index (χ3v) is 25.3. The number of ether oxygens (including phenoxy) is 10. The number of hydrogen-bond acceptors (Lipinski definition) is 20. The van der Waals surface area contributed by atoms with E-state index in [1.165, 1.54) is 72.1 Å². The first-order chi connectivity index (χ1) is 68.8. The zero-order chi connectivity index (χ0) is 105. The average Bonchev–Trinajstić information content (AvgIpc) is 1.53. The second-order valence-corrected chi connectivity index (χ2v) is 38.0. The molecule has 2 N–H and O–H groups in total. The van der Waals surface area contributed by atoms with Crippen LogP contribution < -0.4 is 9.47 Å². The molecule has 0 aliphatic carbocycles. The molecule has 6 atom stereocenters. The Bertz CT molecular complexity index is 6070. The quantitative estimate of drug-likeness (QED) is 0.0204. The van der Waals surface area contributed by atoms with Gasteiger partial charge in [-0.15, -0.1) is 56.2 Å². The fraction of sp³-hybridized carbons (Fsp3) is 0.500. The van der Waals surface area contributed by atoms with E-state index in [0.717, 1.165) is 147 Å². The molecule has 8 aromatic carbocycles. The number of rotatable bonds is 42. The zero-order valence-electron chi connectivity index (χ0n) is 89.2. The summed E-state index contributed by atoms with van der Waals surface area (Å²) in [6, 6.07) is 55.3. The predicted octanol–water partition coefficient (Wildman–Crippen LogP) is 23.5. The Labute approximate surface area is 845 Å². The van der Waals surface area contributed by atoms with E-state index in [1.54, 1.807) is 12.1 Å². The Balaban J connectivity index is 0.000000190. The highest BCUT2D eigenvalue weighted by atomic mass is 16.6. The molecule has 8 heterocycles. The van der Waals surface area contributed by atoms with Crippen LogP contribution in [0.5, 0.6) is 23.0 Å². The summed E-state index contributed by atoms with van der Waals surface area (Å²) in [5, 5.41) is 20.5. The second-order valence-electron chi connectivity index (χ2n) is 38.0. The van der Waals surface area contributed by atoms with Gasteiger partial charge in [-0.2, -0.15) is 0 Å². The molecule has 32 heteroatoms. The Morgan fingerprint density at radius 1 is 0.312 bits per heavy atom. The lowest BCUT2D eigenvalue weighted by molar-refractivity contribution is -0.154. The molecule has 784 valence electrons. The lowest BCUT2D eigenvalue weighted by atomic mass is 9.91. The molecule has 0 bridgehead atoms. The van der Waals surface area contributed by atoms with Crippen molar-refractivity contribution in [2.45, 2.75) is 331 Å². The molecule has 32 nitrogen and oxygen atoms in total. The number of carbonyl (C=O) groups excluding carboxylic acids is 8. The van der Waals surface area contributed by atoms with Crippen molar-refractivity contribution < 1.29 is 95.9 Å². The molecule has 0 aliphatic heterocycles. The Morgan fingerprint density at radius 3 is 0.826 bits per heavy atom. The molecular weight excluding hydrogens is 1830 g/mol. The maximum atomic E-state index is 12.1. The van der Waals surface area contributed by atoms with E-state index < -0.39 is 10.8 Å². The summed E-state index contributed by atoms with van der Waals surface area (Å²) in [7, 11) is 0. The fourth-order valence-corrected chi connectivity index (χ4v) is 14.8. The van der Waals surface area contributed by atoms with Gasteiger partial charge >= 0.3 is 47.8 Å². The number of para-hydroxylation sites is 8. The van der Waals surface area contributed by atoms with Crippen molar-refractivity contribution in [2.75, 3.05) is 26.4 Å². The van der Waals surface area contributed by atoms with E-state index in [-0.39, 0.29) is 109 Å². The molecule has 6 unspecified atom stereocenters. The summed E-state index contributed by atoms with van der Waals surface area (Å²) in [4.78, 5) is 97.8. The minimum absolute atomic E-state index is 0.0210. The monoisotopic (exact) mass is 1990 g/mol. The molecule has 0 saturated carbocycles. The highest BCUT2D eigenvalue weighted by Gasteiger charge is 2.33.